The minimum absolute atomic E-state index is 0.0171. The number of alkyl carbamates (subject to hydrolysis) is 1. The third-order valence-corrected chi connectivity index (χ3v) is 15.0. The molecule has 1 aromatic carbocycles. The molecule has 0 bridgehead atoms. The number of phenols is 1. The molecule has 1 amide bonds. The van der Waals surface area contributed by atoms with Gasteiger partial charge in [-0.05, 0) is 122 Å². The normalized spacial score (nSPS) is 36.1. The minimum Gasteiger partial charge on any atom is -0.507 e. The number of esters is 1. The molecule has 1 aromatic rings. The molecule has 0 aromatic heterocycles. The number of ether oxygens (including phenoxy) is 2. The van der Waals surface area contributed by atoms with Gasteiger partial charge >= 0.3 is 12.1 Å². The Hall–Kier alpha value is -3.06. The van der Waals surface area contributed by atoms with Gasteiger partial charge in [0, 0.05) is 25.5 Å². The van der Waals surface area contributed by atoms with E-state index in [9.17, 15) is 19.8 Å². The second kappa shape index (κ2) is 17.4. The zero-order valence-corrected chi connectivity index (χ0v) is 34.0. The molecule has 7 nitrogen and oxygen atoms in total. The summed E-state index contributed by atoms with van der Waals surface area (Å²) in [6.45, 7) is 14.4. The monoisotopic (exact) mass is 744 g/mol. The Bertz CT molecular complexity index is 1560. The maximum atomic E-state index is 13.2. The number of nitrogens with one attached hydrogen (secondary N) is 1. The van der Waals surface area contributed by atoms with Crippen molar-refractivity contribution in [2.45, 2.75) is 156 Å². The zero-order chi connectivity index (χ0) is 38.6. The Labute approximate surface area is 325 Å². The number of aliphatic hydroxyl groups excluding tert-OH is 1. The second-order valence-electron chi connectivity index (χ2n) is 18.9. The van der Waals surface area contributed by atoms with E-state index >= 15 is 0 Å². The van der Waals surface area contributed by atoms with Crippen molar-refractivity contribution < 1.29 is 29.3 Å². The molecule has 1 heterocycles. The Morgan fingerprint density at radius 3 is 2.67 bits per heavy atom. The number of hydrogen-bond acceptors (Lipinski definition) is 6. The first-order valence-electron chi connectivity index (χ1n) is 21.5. The Morgan fingerprint density at radius 2 is 1.87 bits per heavy atom. The number of cyclic esters (lactones) is 1. The molecule has 11 atom stereocenters. The van der Waals surface area contributed by atoms with Crippen LogP contribution in [0.4, 0.5) is 4.79 Å². The maximum Gasteiger partial charge on any atom is 0.411 e. The van der Waals surface area contributed by atoms with Gasteiger partial charge in [0.2, 0.25) is 0 Å². The summed E-state index contributed by atoms with van der Waals surface area (Å²) >= 11 is 0. The van der Waals surface area contributed by atoms with Crippen molar-refractivity contribution in [2.24, 2.45) is 52.3 Å². The van der Waals surface area contributed by atoms with Gasteiger partial charge in [0.25, 0.3) is 0 Å². The van der Waals surface area contributed by atoms with Crippen LogP contribution in [0, 0.1) is 52.3 Å². The van der Waals surface area contributed by atoms with E-state index in [-0.39, 0.29) is 35.2 Å². The topological polar surface area (TPSA) is 105 Å². The summed E-state index contributed by atoms with van der Waals surface area (Å²) in [5, 5.41) is 24.2. The molecule has 3 fully saturated rings. The lowest BCUT2D eigenvalue weighted by Crippen LogP contribution is -2.51. The Balaban J connectivity index is 1.02. The molecular formula is C47H69NO6. The number of aliphatic hydroxyl groups is 1. The van der Waals surface area contributed by atoms with E-state index in [0.717, 1.165) is 54.8 Å². The fourth-order valence-electron chi connectivity index (χ4n) is 11.9. The Kier molecular flexibility index (Phi) is 13.1. The van der Waals surface area contributed by atoms with Crippen LogP contribution in [0.3, 0.4) is 0 Å². The van der Waals surface area contributed by atoms with E-state index in [4.69, 9.17) is 9.47 Å². The molecular weight excluding hydrogens is 675 g/mol. The third kappa shape index (κ3) is 8.82. The third-order valence-electron chi connectivity index (χ3n) is 15.0. The molecule has 5 unspecified atom stereocenters. The molecule has 3 saturated carbocycles. The highest BCUT2D eigenvalue weighted by Crippen LogP contribution is 2.67. The van der Waals surface area contributed by atoms with Crippen LogP contribution in [-0.4, -0.2) is 40.6 Å². The van der Waals surface area contributed by atoms with Gasteiger partial charge in [-0.15, -0.1) is 0 Å². The first-order valence-corrected chi connectivity index (χ1v) is 21.5. The fraction of sp³-hybridized carbons (Fsp3) is 0.702. The van der Waals surface area contributed by atoms with Crippen molar-refractivity contribution in [2.75, 3.05) is 0 Å². The van der Waals surface area contributed by atoms with E-state index < -0.39 is 24.3 Å². The number of allylic oxidation sites excluding steroid dienone is 3. The lowest BCUT2D eigenvalue weighted by atomic mass is 9.47. The average molecular weight is 744 g/mol. The van der Waals surface area contributed by atoms with Crippen molar-refractivity contribution in [1.29, 1.82) is 0 Å². The number of aromatic hydroxyl groups is 1. The minimum atomic E-state index is -0.676. The van der Waals surface area contributed by atoms with E-state index in [2.05, 4.69) is 46.0 Å². The smallest absolute Gasteiger partial charge is 0.411 e. The standard InChI is InChI=1S/C47H69NO6/c1-30(2)12-9-14-31(3)38-21-22-39-37-20-19-34-28-36(23-25-46(34,5)40(37)24-26-47(38,39)6)54-45(52)48-27-11-17-35-29-42(50)32(4)13-7-8-15-33-16-10-18-41(49)43(33)44(51)53-35/h7-8,10-11,16,18-19,27,30-32,35-40,42,49-50H,9,12-15,17,20-26,28-29H2,1-6H3,(H,48,52)/t31-,32+,35?,36?,37?,38-,39?,40?,42-,46+,47-/m1/s1. The van der Waals surface area contributed by atoms with Crippen LogP contribution in [0.1, 0.15) is 147 Å². The summed E-state index contributed by atoms with van der Waals surface area (Å²) in [5.74, 6) is 4.05. The highest BCUT2D eigenvalue weighted by Gasteiger charge is 2.59. The molecule has 7 heteroatoms. The van der Waals surface area contributed by atoms with E-state index in [1.54, 1.807) is 18.3 Å². The molecule has 4 aliphatic carbocycles. The average Bonchev–Trinajstić information content (AvgIpc) is 3.48. The summed E-state index contributed by atoms with van der Waals surface area (Å²) in [5.41, 5.74) is 3.02. The van der Waals surface area contributed by atoms with Gasteiger partial charge in [0.1, 0.15) is 23.5 Å². The predicted molar refractivity (Wildman–Crippen MR) is 215 cm³/mol. The number of phenolic OH excluding ortho intramolecular Hbond substituents is 1. The number of carbonyl (C=O) groups is 2. The molecule has 298 valence electrons. The van der Waals surface area contributed by atoms with Crippen LogP contribution < -0.4 is 5.32 Å². The molecule has 0 spiro atoms. The largest absolute Gasteiger partial charge is 0.507 e. The Morgan fingerprint density at radius 1 is 1.06 bits per heavy atom. The van der Waals surface area contributed by atoms with Crippen LogP contribution in [0.15, 0.2) is 54.3 Å². The second-order valence-corrected chi connectivity index (χ2v) is 18.9. The number of rotatable bonds is 9. The molecule has 5 aliphatic rings. The van der Waals surface area contributed by atoms with Gasteiger partial charge in [-0.2, -0.15) is 0 Å². The van der Waals surface area contributed by atoms with E-state index in [1.807, 2.05) is 25.1 Å². The van der Waals surface area contributed by atoms with Crippen molar-refractivity contribution in [3.8, 4) is 5.75 Å². The molecule has 6 rings (SSSR count). The highest BCUT2D eigenvalue weighted by atomic mass is 16.6. The number of fused-ring (bicyclic) bond motifs is 6. The van der Waals surface area contributed by atoms with Gasteiger partial charge in [-0.3, -0.25) is 5.32 Å². The van der Waals surface area contributed by atoms with Crippen LogP contribution in [0.2, 0.25) is 0 Å². The molecule has 1 aliphatic heterocycles. The lowest BCUT2D eigenvalue weighted by molar-refractivity contribution is -0.0580. The summed E-state index contributed by atoms with van der Waals surface area (Å²) < 4.78 is 11.8. The maximum absolute atomic E-state index is 13.2. The van der Waals surface area contributed by atoms with Crippen LogP contribution in [0.25, 0.3) is 0 Å². The van der Waals surface area contributed by atoms with Crippen molar-refractivity contribution in [3.05, 3.63) is 65.4 Å². The van der Waals surface area contributed by atoms with Gasteiger partial charge < -0.3 is 19.7 Å². The molecule has 54 heavy (non-hydrogen) atoms. The summed E-state index contributed by atoms with van der Waals surface area (Å²) in [6.07, 6.45) is 23.1. The summed E-state index contributed by atoms with van der Waals surface area (Å²) in [4.78, 5) is 26.2. The van der Waals surface area contributed by atoms with E-state index in [0.29, 0.717) is 30.2 Å². The van der Waals surface area contributed by atoms with Crippen LogP contribution in [0.5, 0.6) is 5.75 Å². The van der Waals surface area contributed by atoms with Crippen molar-refractivity contribution in [3.63, 3.8) is 0 Å². The molecule has 0 saturated heterocycles. The SMILES string of the molecule is CC(C)CCC[C@@H](C)[C@H]1CCC2C3CC=C4CC(OC(=O)NC=CCC5C[C@@H](O)[C@@H](C)CC=CCc6cccc(O)c6C(=O)O5)CC[C@]4(C)C3CC[C@@]21C. The zero-order valence-electron chi connectivity index (χ0n) is 34.0. The first-order chi connectivity index (χ1) is 25.8. The predicted octanol–water partition coefficient (Wildman–Crippen LogP) is 10.8. The van der Waals surface area contributed by atoms with Crippen LogP contribution in [-0.2, 0) is 15.9 Å². The van der Waals surface area contributed by atoms with E-state index in [1.165, 1.54) is 63.0 Å². The quantitative estimate of drug-likeness (QED) is 0.172. The molecule has 0 radical (unpaired) electrons. The van der Waals surface area contributed by atoms with Gasteiger partial charge in [0.15, 0.2) is 0 Å². The van der Waals surface area contributed by atoms with Gasteiger partial charge in [-0.1, -0.05) is 103 Å². The molecule has 3 N–H and O–H groups in total. The summed E-state index contributed by atoms with van der Waals surface area (Å²) in [7, 11) is 0. The highest BCUT2D eigenvalue weighted by molar-refractivity contribution is 5.94. The number of benzene rings is 1. The first kappa shape index (κ1) is 40.6. The van der Waals surface area contributed by atoms with Gasteiger partial charge in [-0.25, -0.2) is 9.59 Å². The van der Waals surface area contributed by atoms with Gasteiger partial charge in [0.05, 0.1) is 6.10 Å². The number of amides is 1. The van der Waals surface area contributed by atoms with Crippen LogP contribution >= 0.6 is 0 Å². The fourth-order valence-corrected chi connectivity index (χ4v) is 11.9. The number of hydrogen-bond donors (Lipinski definition) is 3. The summed E-state index contributed by atoms with van der Waals surface area (Å²) in [6, 6.07) is 5.02. The van der Waals surface area contributed by atoms with Crippen molar-refractivity contribution >= 4 is 12.1 Å². The lowest BCUT2D eigenvalue weighted by Gasteiger charge is -2.58. The van der Waals surface area contributed by atoms with Crippen molar-refractivity contribution in [1.82, 2.24) is 5.32 Å². The number of carbonyl (C=O) groups excluding carboxylic acids is 2.